The van der Waals surface area contributed by atoms with E-state index in [1.54, 1.807) is 21.1 Å². The van der Waals surface area contributed by atoms with Crippen molar-refractivity contribution in [2.24, 2.45) is 0 Å². The molecule has 0 N–H and O–H groups in total. The largest absolute Gasteiger partial charge is 0.454 e. The maximum atomic E-state index is 13.6. The minimum atomic E-state index is -0.811. The average Bonchev–Trinajstić information content (AvgIpc) is 3.36. The molecule has 3 aromatic rings. The molecule has 8 heteroatoms. The predicted molar refractivity (Wildman–Crippen MR) is 131 cm³/mol. The second-order valence-electron chi connectivity index (χ2n) is 8.49. The summed E-state index contributed by atoms with van der Waals surface area (Å²) in [7, 11) is 0. The van der Waals surface area contributed by atoms with Crippen LogP contribution in [0.5, 0.6) is 11.5 Å². The normalized spacial score (nSPS) is 15.1. The summed E-state index contributed by atoms with van der Waals surface area (Å²) in [6.07, 6.45) is 1.79. The Hall–Kier alpha value is -3.03. The number of halogens is 1. The molecule has 2 aromatic carbocycles. The number of hydrogen-bond donors (Lipinski definition) is 0. The van der Waals surface area contributed by atoms with Crippen LogP contribution in [0.25, 0.3) is 0 Å². The van der Waals surface area contributed by atoms with Gasteiger partial charge in [0.1, 0.15) is 11.9 Å². The van der Waals surface area contributed by atoms with E-state index in [9.17, 15) is 9.59 Å². The van der Waals surface area contributed by atoms with E-state index in [2.05, 4.69) is 0 Å². The van der Waals surface area contributed by atoms with Crippen LogP contribution in [0.3, 0.4) is 0 Å². The molecule has 34 heavy (non-hydrogen) atoms. The van der Waals surface area contributed by atoms with E-state index in [4.69, 9.17) is 21.1 Å². The number of fused-ring (bicyclic) bond motifs is 1. The van der Waals surface area contributed by atoms with Gasteiger partial charge in [0.05, 0.1) is 6.54 Å². The number of carbonyl (C=O) groups is 2. The van der Waals surface area contributed by atoms with Gasteiger partial charge >= 0.3 is 0 Å². The maximum Gasteiger partial charge on any atom is 0.245 e. The third kappa shape index (κ3) is 5.21. The highest BCUT2D eigenvalue weighted by Crippen LogP contribution is 2.34. The summed E-state index contributed by atoms with van der Waals surface area (Å²) in [5, 5.41) is 1.19. The highest BCUT2D eigenvalue weighted by Gasteiger charge is 2.37. The molecular weight excluding hydrogens is 472 g/mol. The number of amides is 2. The highest BCUT2D eigenvalue weighted by molar-refractivity contribution is 7.09. The van der Waals surface area contributed by atoms with Gasteiger partial charge in [-0.3, -0.25) is 9.59 Å². The molecule has 1 atom stereocenters. The molecule has 2 amide bonds. The Morgan fingerprint density at radius 3 is 2.53 bits per heavy atom. The molecule has 6 nitrogen and oxygen atoms in total. The van der Waals surface area contributed by atoms with Gasteiger partial charge in [0.25, 0.3) is 0 Å². The van der Waals surface area contributed by atoms with Gasteiger partial charge < -0.3 is 19.3 Å². The van der Waals surface area contributed by atoms with Gasteiger partial charge in [-0.25, -0.2) is 0 Å². The third-order valence-electron chi connectivity index (χ3n) is 5.98. The van der Waals surface area contributed by atoms with E-state index in [-0.39, 0.29) is 31.2 Å². The van der Waals surface area contributed by atoms with Crippen molar-refractivity contribution in [2.45, 2.75) is 37.4 Å². The third-order valence-corrected chi connectivity index (χ3v) is 7.28. The number of nitrogens with zero attached hydrogens (tertiary/aromatic N) is 2. The van der Waals surface area contributed by atoms with Gasteiger partial charge in [0.15, 0.2) is 11.5 Å². The van der Waals surface area contributed by atoms with Crippen molar-refractivity contribution < 1.29 is 19.1 Å². The lowest BCUT2D eigenvalue weighted by atomic mass is 10.1. The Kier molecular flexibility index (Phi) is 6.74. The zero-order valence-electron chi connectivity index (χ0n) is 18.6. The predicted octanol–water partition coefficient (Wildman–Crippen LogP) is 4.98. The van der Waals surface area contributed by atoms with Gasteiger partial charge in [-0.05, 0) is 47.5 Å². The zero-order chi connectivity index (χ0) is 23.5. The standard InChI is InChI=1S/C26H25ClN2O4S/c27-25(19-5-2-1-3-6-19)26(31)29(20-9-10-20)16-24(30)28(15-21-7-4-12-34-21)14-18-8-11-22-23(13-18)33-17-32-22/h1-8,11-13,20,25H,9-10,14-17H2. The fourth-order valence-corrected chi connectivity index (χ4v) is 5.00. The first-order valence-electron chi connectivity index (χ1n) is 11.3. The fraction of sp³-hybridized carbons (Fsp3) is 0.308. The van der Waals surface area contributed by atoms with Gasteiger partial charge in [-0.1, -0.05) is 42.5 Å². The molecule has 1 aromatic heterocycles. The number of ether oxygens (including phenoxy) is 2. The number of benzene rings is 2. The summed E-state index contributed by atoms with van der Waals surface area (Å²) >= 11 is 8.15. The lowest BCUT2D eigenvalue weighted by molar-refractivity contribution is -0.141. The molecule has 176 valence electrons. The van der Waals surface area contributed by atoms with E-state index in [0.717, 1.165) is 28.8 Å². The molecule has 0 spiro atoms. The Morgan fingerprint density at radius 2 is 1.79 bits per heavy atom. The number of hydrogen-bond acceptors (Lipinski definition) is 5. The van der Waals surface area contributed by atoms with E-state index < -0.39 is 5.38 Å². The Balaban J connectivity index is 1.33. The zero-order valence-corrected chi connectivity index (χ0v) is 20.1. The molecule has 0 saturated heterocycles. The van der Waals surface area contributed by atoms with Gasteiger partial charge in [0.2, 0.25) is 18.6 Å². The maximum absolute atomic E-state index is 13.6. The van der Waals surface area contributed by atoms with Crippen molar-refractivity contribution in [3.8, 4) is 11.5 Å². The fourth-order valence-electron chi connectivity index (χ4n) is 4.01. The summed E-state index contributed by atoms with van der Waals surface area (Å²) in [5.41, 5.74) is 1.68. The molecule has 1 aliphatic heterocycles. The Bertz CT molecular complexity index is 1150. The van der Waals surface area contributed by atoms with Crippen molar-refractivity contribution in [1.29, 1.82) is 0 Å². The summed E-state index contributed by atoms with van der Waals surface area (Å²) in [6.45, 7) is 1.09. The average molecular weight is 497 g/mol. The summed E-state index contributed by atoms with van der Waals surface area (Å²) in [6, 6.07) is 19.0. The van der Waals surface area contributed by atoms with Crippen LogP contribution in [0.4, 0.5) is 0 Å². The minimum absolute atomic E-state index is 0.00941. The molecule has 2 heterocycles. The first-order chi connectivity index (χ1) is 16.6. The van der Waals surface area contributed by atoms with Crippen LogP contribution >= 0.6 is 22.9 Å². The van der Waals surface area contributed by atoms with E-state index in [0.29, 0.717) is 24.6 Å². The SMILES string of the molecule is O=C(CN(C(=O)C(Cl)c1ccccc1)C1CC1)N(Cc1ccc2c(c1)OCO2)Cc1cccs1. The summed E-state index contributed by atoms with van der Waals surface area (Å²) in [5.74, 6) is 1.06. The molecule has 1 aliphatic carbocycles. The second kappa shape index (κ2) is 10.1. The number of alkyl halides is 1. The van der Waals surface area contributed by atoms with Crippen molar-refractivity contribution in [2.75, 3.05) is 13.3 Å². The summed E-state index contributed by atoms with van der Waals surface area (Å²) < 4.78 is 10.9. The molecule has 0 radical (unpaired) electrons. The monoisotopic (exact) mass is 496 g/mol. The van der Waals surface area contributed by atoms with Crippen LogP contribution in [0.1, 0.15) is 34.2 Å². The molecule has 5 rings (SSSR count). The first-order valence-corrected chi connectivity index (χ1v) is 12.6. The lowest BCUT2D eigenvalue weighted by Crippen LogP contribution is -2.44. The number of carbonyl (C=O) groups excluding carboxylic acids is 2. The Labute approximate surface area is 207 Å². The lowest BCUT2D eigenvalue weighted by Gasteiger charge is -2.29. The van der Waals surface area contributed by atoms with Crippen LogP contribution in [0.15, 0.2) is 66.0 Å². The Morgan fingerprint density at radius 1 is 1.00 bits per heavy atom. The number of thiophene rings is 1. The van der Waals surface area contributed by atoms with Crippen LogP contribution in [-0.2, 0) is 22.7 Å². The molecular formula is C26H25ClN2O4S. The molecule has 1 unspecified atom stereocenters. The second-order valence-corrected chi connectivity index (χ2v) is 9.96. The molecule has 1 fully saturated rings. The minimum Gasteiger partial charge on any atom is -0.454 e. The van der Waals surface area contributed by atoms with E-state index >= 15 is 0 Å². The quantitative estimate of drug-likeness (QED) is 0.392. The first kappa shape index (κ1) is 22.7. The molecule has 2 aliphatic rings. The van der Waals surface area contributed by atoms with E-state index in [1.165, 1.54) is 0 Å². The summed E-state index contributed by atoms with van der Waals surface area (Å²) in [4.78, 5) is 31.4. The van der Waals surface area contributed by atoms with Gasteiger partial charge in [-0.15, -0.1) is 22.9 Å². The van der Waals surface area contributed by atoms with Crippen LogP contribution < -0.4 is 9.47 Å². The molecule has 0 bridgehead atoms. The van der Waals surface area contributed by atoms with Gasteiger partial charge in [-0.2, -0.15) is 0 Å². The van der Waals surface area contributed by atoms with Gasteiger partial charge in [0, 0.05) is 17.5 Å². The smallest absolute Gasteiger partial charge is 0.245 e. The number of rotatable bonds is 9. The molecule has 1 saturated carbocycles. The van der Waals surface area contributed by atoms with Crippen LogP contribution in [-0.4, -0.2) is 41.0 Å². The highest BCUT2D eigenvalue weighted by atomic mass is 35.5. The van der Waals surface area contributed by atoms with Crippen molar-refractivity contribution in [1.82, 2.24) is 9.80 Å². The van der Waals surface area contributed by atoms with Crippen molar-refractivity contribution in [3.63, 3.8) is 0 Å². The topological polar surface area (TPSA) is 59.1 Å². The van der Waals surface area contributed by atoms with Crippen LogP contribution in [0.2, 0.25) is 0 Å². The van der Waals surface area contributed by atoms with Crippen molar-refractivity contribution in [3.05, 3.63) is 82.0 Å². The van der Waals surface area contributed by atoms with Crippen molar-refractivity contribution >= 4 is 34.8 Å². The van der Waals surface area contributed by atoms with E-state index in [1.807, 2.05) is 66.0 Å². The van der Waals surface area contributed by atoms with Crippen LogP contribution in [0, 0.1) is 0 Å².